The predicted molar refractivity (Wildman–Crippen MR) is 181 cm³/mol. The van der Waals surface area contributed by atoms with Crippen molar-refractivity contribution in [2.75, 3.05) is 70.3 Å². The molecule has 0 bridgehead atoms. The van der Waals surface area contributed by atoms with E-state index < -0.39 is 6.03 Å². The van der Waals surface area contributed by atoms with E-state index >= 15 is 0 Å². The van der Waals surface area contributed by atoms with Crippen LogP contribution in [0, 0.1) is 0 Å². The Bertz CT molecular complexity index is 1520. The van der Waals surface area contributed by atoms with Crippen LogP contribution in [0.3, 0.4) is 0 Å². The Morgan fingerprint density at radius 3 is 2.32 bits per heavy atom. The smallest absolute Gasteiger partial charge is 0.323 e. The van der Waals surface area contributed by atoms with Gasteiger partial charge in [-0.05, 0) is 48.9 Å². The number of benzene rings is 3. The number of halogens is 1. The van der Waals surface area contributed by atoms with Crippen LogP contribution in [-0.4, -0.2) is 104 Å². The number of nitrogens with zero attached hydrogens (tertiary/aromatic N) is 3. The number of likely N-dealkylation sites (tertiary alicyclic amines) is 1. The number of urea groups is 1. The number of carbonyl (C=O) groups excluding carboxylic acids is 3. The molecule has 0 aliphatic carbocycles. The van der Waals surface area contributed by atoms with E-state index in [0.717, 1.165) is 37.5 Å². The van der Waals surface area contributed by atoms with Gasteiger partial charge in [0.25, 0.3) is 0 Å². The summed E-state index contributed by atoms with van der Waals surface area (Å²) < 4.78 is 17.0. The third kappa shape index (κ3) is 9.68. The number of ether oxygens (including phenoxy) is 3. The average Bonchev–Trinajstić information content (AvgIpc) is 3.46. The number of nitrogens with one attached hydrogen (secondary N) is 2. The molecule has 3 aromatic rings. The molecule has 0 unspecified atom stereocenters. The number of Topliss-reactive ketones (excluding diaryl/α,β-unsaturated/α-hetero) is 1. The number of piperazine rings is 1. The Balaban J connectivity index is 1.22. The molecule has 0 radical (unpaired) electrons. The molecule has 5 rings (SSSR count). The molecule has 2 aliphatic rings. The van der Waals surface area contributed by atoms with Gasteiger partial charge in [0, 0.05) is 45.6 Å². The summed E-state index contributed by atoms with van der Waals surface area (Å²) in [4.78, 5) is 45.1. The number of amides is 2. The van der Waals surface area contributed by atoms with Gasteiger partial charge in [-0.2, -0.15) is 0 Å². The first-order valence-electron chi connectivity index (χ1n) is 15.9. The summed E-state index contributed by atoms with van der Waals surface area (Å²) in [5.41, 5.74) is 1.74. The van der Waals surface area contributed by atoms with E-state index in [9.17, 15) is 14.4 Å². The van der Waals surface area contributed by atoms with Crippen LogP contribution in [0.1, 0.15) is 18.9 Å². The maximum atomic E-state index is 13.9. The van der Waals surface area contributed by atoms with E-state index in [1.165, 1.54) is 7.11 Å². The predicted octanol–water partition coefficient (Wildman–Crippen LogP) is 4.76. The van der Waals surface area contributed by atoms with Crippen molar-refractivity contribution in [3.8, 4) is 11.5 Å². The Hall–Kier alpha value is -4.16. The summed E-state index contributed by atoms with van der Waals surface area (Å²) in [5, 5.41) is 5.96. The molecule has 0 aromatic heterocycles. The zero-order chi connectivity index (χ0) is 33.2. The highest BCUT2D eigenvalue weighted by Gasteiger charge is 2.39. The number of para-hydroxylation sites is 2. The zero-order valence-corrected chi connectivity index (χ0v) is 27.6. The van der Waals surface area contributed by atoms with Gasteiger partial charge in [-0.25, -0.2) is 4.79 Å². The summed E-state index contributed by atoms with van der Waals surface area (Å²) in [5.74, 6) is 1.11. The van der Waals surface area contributed by atoms with Crippen LogP contribution in [0.4, 0.5) is 16.2 Å². The maximum absolute atomic E-state index is 13.9. The van der Waals surface area contributed by atoms with Gasteiger partial charge < -0.3 is 24.8 Å². The van der Waals surface area contributed by atoms with Crippen molar-refractivity contribution in [2.45, 2.75) is 31.9 Å². The second-order valence-corrected chi connectivity index (χ2v) is 12.1. The van der Waals surface area contributed by atoms with E-state index in [-0.39, 0.29) is 30.3 Å². The normalized spacial score (nSPS) is 18.8. The molecule has 3 aromatic carbocycles. The quantitative estimate of drug-likeness (QED) is 0.250. The molecule has 2 fully saturated rings. The molecule has 2 atom stereocenters. The van der Waals surface area contributed by atoms with Crippen LogP contribution in [0.5, 0.6) is 11.5 Å². The van der Waals surface area contributed by atoms with Crippen molar-refractivity contribution in [3.63, 3.8) is 0 Å². The van der Waals surface area contributed by atoms with E-state index in [4.69, 9.17) is 25.8 Å². The molecule has 2 amide bonds. The third-order valence-electron chi connectivity index (χ3n) is 8.30. The Labute approximate surface area is 280 Å². The SMILES string of the molecule is CCOC(=O)CN1CCN(CN2C[C@@H](Oc3ccccc3)C[C@H]2C(=O)Cc2ccc(NC(=O)Nc3ccccc3Cl)c(OC)c2)CC1. The minimum absolute atomic E-state index is 0.0873. The van der Waals surface area contributed by atoms with Crippen molar-refractivity contribution in [1.29, 1.82) is 0 Å². The minimum atomic E-state index is -0.465. The molecule has 2 heterocycles. The van der Waals surface area contributed by atoms with Crippen LogP contribution in [0.25, 0.3) is 0 Å². The number of ketones is 1. The van der Waals surface area contributed by atoms with Crippen molar-refractivity contribution in [3.05, 3.63) is 83.4 Å². The number of hydrogen-bond donors (Lipinski definition) is 2. The Morgan fingerprint density at radius 1 is 0.894 bits per heavy atom. The van der Waals surface area contributed by atoms with E-state index in [2.05, 4.69) is 25.3 Å². The number of carbonyl (C=O) groups is 3. The lowest BCUT2D eigenvalue weighted by molar-refractivity contribution is -0.145. The first kappa shape index (κ1) is 34.2. The number of methoxy groups -OCH3 is 1. The Morgan fingerprint density at radius 2 is 1.60 bits per heavy atom. The topological polar surface area (TPSA) is 113 Å². The van der Waals surface area contributed by atoms with Crippen LogP contribution in [0.2, 0.25) is 5.02 Å². The number of hydrogen-bond acceptors (Lipinski definition) is 9. The van der Waals surface area contributed by atoms with Gasteiger partial charge in [0.2, 0.25) is 0 Å². The van der Waals surface area contributed by atoms with Crippen molar-refractivity contribution < 1.29 is 28.6 Å². The lowest BCUT2D eigenvalue weighted by Crippen LogP contribution is -2.52. The van der Waals surface area contributed by atoms with Gasteiger partial charge in [0.1, 0.15) is 17.6 Å². The van der Waals surface area contributed by atoms with Gasteiger partial charge in [0.05, 0.1) is 49.4 Å². The third-order valence-corrected chi connectivity index (χ3v) is 8.63. The lowest BCUT2D eigenvalue weighted by atomic mass is 10.0. The molecule has 47 heavy (non-hydrogen) atoms. The van der Waals surface area contributed by atoms with Gasteiger partial charge in [0.15, 0.2) is 5.78 Å². The van der Waals surface area contributed by atoms with Crippen LogP contribution in [-0.2, 0) is 20.7 Å². The summed E-state index contributed by atoms with van der Waals surface area (Å²) in [6.07, 6.45) is 0.652. The van der Waals surface area contributed by atoms with Crippen molar-refractivity contribution >= 4 is 40.8 Å². The molecule has 0 saturated carbocycles. The average molecular weight is 664 g/mol. The van der Waals surface area contributed by atoms with Crippen LogP contribution in [0.15, 0.2) is 72.8 Å². The summed E-state index contributed by atoms with van der Waals surface area (Å²) in [6.45, 7) is 6.83. The highest BCUT2D eigenvalue weighted by Crippen LogP contribution is 2.29. The molecular weight excluding hydrogens is 622 g/mol. The highest BCUT2D eigenvalue weighted by molar-refractivity contribution is 6.33. The van der Waals surface area contributed by atoms with Gasteiger partial charge in [-0.1, -0.05) is 48.0 Å². The second-order valence-electron chi connectivity index (χ2n) is 11.7. The minimum Gasteiger partial charge on any atom is -0.495 e. The first-order valence-corrected chi connectivity index (χ1v) is 16.3. The molecule has 12 heteroatoms. The van der Waals surface area contributed by atoms with Crippen LogP contribution >= 0.6 is 11.6 Å². The van der Waals surface area contributed by atoms with E-state index in [1.807, 2.05) is 43.3 Å². The fraction of sp³-hybridized carbons (Fsp3) is 0.400. The molecule has 0 spiro atoms. The molecule has 11 nitrogen and oxygen atoms in total. The lowest BCUT2D eigenvalue weighted by Gasteiger charge is -2.37. The largest absolute Gasteiger partial charge is 0.495 e. The van der Waals surface area contributed by atoms with Crippen LogP contribution < -0.4 is 20.1 Å². The summed E-state index contributed by atoms with van der Waals surface area (Å²) in [7, 11) is 1.52. The first-order chi connectivity index (χ1) is 22.8. The van der Waals surface area contributed by atoms with Gasteiger partial charge in [-0.3, -0.25) is 24.3 Å². The van der Waals surface area contributed by atoms with E-state index in [0.29, 0.717) is 54.9 Å². The molecule has 2 aliphatic heterocycles. The van der Waals surface area contributed by atoms with Gasteiger partial charge in [-0.15, -0.1) is 0 Å². The zero-order valence-electron chi connectivity index (χ0n) is 26.8. The monoisotopic (exact) mass is 663 g/mol. The standard InChI is InChI=1S/C35H42ClN5O6/c1-3-46-34(43)23-39-15-17-40(18-16-39)24-41-22-27(47-26-9-5-4-6-10-26)21-31(41)32(42)19-25-13-14-30(33(20-25)45-2)38-35(44)37-29-12-8-7-11-28(29)36/h4-14,20,27,31H,3,15-19,21-24H2,1-2H3,(H2,37,38,44)/t27-,31-/m0/s1. The van der Waals surface area contributed by atoms with Crippen molar-refractivity contribution in [1.82, 2.24) is 14.7 Å². The fourth-order valence-corrected chi connectivity index (χ4v) is 6.15. The highest BCUT2D eigenvalue weighted by atomic mass is 35.5. The summed E-state index contributed by atoms with van der Waals surface area (Å²) >= 11 is 6.17. The van der Waals surface area contributed by atoms with Crippen molar-refractivity contribution in [2.24, 2.45) is 0 Å². The fourth-order valence-electron chi connectivity index (χ4n) is 5.97. The second kappa shape index (κ2) is 16.6. The maximum Gasteiger partial charge on any atom is 0.323 e. The molecular formula is C35H42ClN5O6. The molecule has 2 N–H and O–H groups in total. The number of esters is 1. The summed E-state index contributed by atoms with van der Waals surface area (Å²) in [6, 6.07) is 21.2. The molecule has 2 saturated heterocycles. The number of anilines is 2. The van der Waals surface area contributed by atoms with E-state index in [1.54, 1.807) is 36.4 Å². The Kier molecular flexibility index (Phi) is 12.1. The molecule has 250 valence electrons. The van der Waals surface area contributed by atoms with Gasteiger partial charge >= 0.3 is 12.0 Å². The number of rotatable bonds is 13.